The van der Waals surface area contributed by atoms with E-state index >= 15 is 0 Å². The SMILES string of the molecule is NNc1cc(Nc2cc(Cl)cc(C(F)(F)F)c2)nc(N)n1. The Morgan fingerprint density at radius 1 is 1.05 bits per heavy atom. The van der Waals surface area contributed by atoms with Crippen LogP contribution in [-0.4, -0.2) is 9.97 Å². The number of hydrogen-bond donors (Lipinski definition) is 4. The molecule has 2 aromatic rings. The van der Waals surface area contributed by atoms with E-state index in [1.54, 1.807) is 0 Å². The Balaban J connectivity index is 2.35. The highest BCUT2D eigenvalue weighted by Gasteiger charge is 2.31. The second-order valence-electron chi connectivity index (χ2n) is 3.99. The maximum Gasteiger partial charge on any atom is 0.416 e. The van der Waals surface area contributed by atoms with Crippen molar-refractivity contribution in [1.82, 2.24) is 9.97 Å². The number of nitrogens with two attached hydrogens (primary N) is 2. The van der Waals surface area contributed by atoms with Crippen LogP contribution in [0.15, 0.2) is 24.3 Å². The summed E-state index contributed by atoms with van der Waals surface area (Å²) in [5.41, 5.74) is 6.95. The molecular formula is C11H10ClF3N6. The van der Waals surface area contributed by atoms with Crippen LogP contribution in [0.25, 0.3) is 0 Å². The smallest absolute Gasteiger partial charge is 0.368 e. The number of benzene rings is 1. The molecule has 0 bridgehead atoms. The molecule has 1 aromatic carbocycles. The molecule has 2 rings (SSSR count). The summed E-state index contributed by atoms with van der Waals surface area (Å²) >= 11 is 5.68. The van der Waals surface area contributed by atoms with Gasteiger partial charge in [0.15, 0.2) is 0 Å². The lowest BCUT2D eigenvalue weighted by molar-refractivity contribution is -0.137. The Kier molecular flexibility index (Phi) is 4.05. The van der Waals surface area contributed by atoms with Crippen LogP contribution in [-0.2, 0) is 6.18 Å². The number of rotatable bonds is 3. The maximum absolute atomic E-state index is 12.7. The number of hydrogen-bond acceptors (Lipinski definition) is 6. The summed E-state index contributed by atoms with van der Waals surface area (Å²) in [5.74, 6) is 5.48. The lowest BCUT2D eigenvalue weighted by atomic mass is 10.2. The van der Waals surface area contributed by atoms with Crippen molar-refractivity contribution in [2.24, 2.45) is 5.84 Å². The van der Waals surface area contributed by atoms with E-state index in [0.29, 0.717) is 0 Å². The number of alkyl halides is 3. The molecule has 0 aliphatic carbocycles. The van der Waals surface area contributed by atoms with Crippen molar-refractivity contribution in [3.8, 4) is 0 Å². The fourth-order valence-corrected chi connectivity index (χ4v) is 1.81. The third kappa shape index (κ3) is 3.86. The van der Waals surface area contributed by atoms with Crippen LogP contribution in [0.3, 0.4) is 0 Å². The van der Waals surface area contributed by atoms with Crippen molar-refractivity contribution >= 4 is 34.9 Å². The van der Waals surface area contributed by atoms with Crippen molar-refractivity contribution in [3.63, 3.8) is 0 Å². The number of anilines is 4. The van der Waals surface area contributed by atoms with Gasteiger partial charge >= 0.3 is 6.18 Å². The molecule has 0 amide bonds. The number of nitrogen functional groups attached to an aromatic ring is 2. The molecule has 0 radical (unpaired) electrons. The normalized spacial score (nSPS) is 11.3. The van der Waals surface area contributed by atoms with Gasteiger partial charge in [-0.05, 0) is 18.2 Å². The molecule has 21 heavy (non-hydrogen) atoms. The summed E-state index contributed by atoms with van der Waals surface area (Å²) in [7, 11) is 0. The van der Waals surface area contributed by atoms with E-state index in [4.69, 9.17) is 23.2 Å². The van der Waals surface area contributed by atoms with Crippen LogP contribution in [0.2, 0.25) is 5.02 Å². The van der Waals surface area contributed by atoms with E-state index in [-0.39, 0.29) is 28.3 Å². The van der Waals surface area contributed by atoms with Crippen LogP contribution < -0.4 is 22.3 Å². The maximum atomic E-state index is 12.7. The number of nitrogens with one attached hydrogen (secondary N) is 2. The summed E-state index contributed by atoms with van der Waals surface area (Å²) in [6, 6.07) is 4.43. The van der Waals surface area contributed by atoms with Crippen LogP contribution in [0.1, 0.15) is 5.56 Å². The van der Waals surface area contributed by atoms with Gasteiger partial charge in [0, 0.05) is 16.8 Å². The van der Waals surface area contributed by atoms with Crippen LogP contribution in [0.5, 0.6) is 0 Å². The van der Waals surface area contributed by atoms with Crippen molar-refractivity contribution < 1.29 is 13.2 Å². The van der Waals surface area contributed by atoms with E-state index in [1.165, 1.54) is 12.1 Å². The molecule has 0 aliphatic heterocycles. The average molecular weight is 319 g/mol. The zero-order valence-corrected chi connectivity index (χ0v) is 11.1. The number of halogens is 4. The minimum atomic E-state index is -4.50. The van der Waals surface area contributed by atoms with Crippen LogP contribution >= 0.6 is 11.6 Å². The van der Waals surface area contributed by atoms with Crippen molar-refractivity contribution in [1.29, 1.82) is 0 Å². The van der Waals surface area contributed by atoms with E-state index in [0.717, 1.165) is 12.1 Å². The fourth-order valence-electron chi connectivity index (χ4n) is 1.58. The predicted octanol–water partition coefficient (Wildman–Crippen LogP) is 2.76. The third-order valence-electron chi connectivity index (χ3n) is 2.39. The summed E-state index contributed by atoms with van der Waals surface area (Å²) in [6.07, 6.45) is -4.50. The van der Waals surface area contributed by atoms with Gasteiger partial charge in [-0.2, -0.15) is 23.1 Å². The number of hydrazine groups is 1. The molecular weight excluding hydrogens is 309 g/mol. The van der Waals surface area contributed by atoms with Crippen molar-refractivity contribution in [2.75, 3.05) is 16.5 Å². The van der Waals surface area contributed by atoms with Gasteiger partial charge in [-0.1, -0.05) is 11.6 Å². The Bertz CT molecular complexity index is 661. The quantitative estimate of drug-likeness (QED) is 0.513. The van der Waals surface area contributed by atoms with E-state index in [2.05, 4.69) is 20.7 Å². The molecule has 0 atom stereocenters. The van der Waals surface area contributed by atoms with Gasteiger partial charge in [0.1, 0.15) is 11.6 Å². The molecule has 1 heterocycles. The summed E-state index contributed by atoms with van der Waals surface area (Å²) < 4.78 is 38.1. The second-order valence-corrected chi connectivity index (χ2v) is 4.43. The largest absolute Gasteiger partial charge is 0.416 e. The first-order valence-electron chi connectivity index (χ1n) is 5.54. The first kappa shape index (κ1) is 15.1. The van der Waals surface area contributed by atoms with Gasteiger partial charge in [0.05, 0.1) is 5.56 Å². The second kappa shape index (κ2) is 5.62. The molecule has 6 N–H and O–H groups in total. The first-order valence-corrected chi connectivity index (χ1v) is 5.92. The zero-order valence-electron chi connectivity index (χ0n) is 10.4. The van der Waals surface area contributed by atoms with Gasteiger partial charge in [0.2, 0.25) is 5.95 Å². The van der Waals surface area contributed by atoms with E-state index in [1.807, 2.05) is 0 Å². The van der Waals surface area contributed by atoms with Gasteiger partial charge in [-0.25, -0.2) is 5.84 Å². The molecule has 1 aromatic heterocycles. The summed E-state index contributed by atoms with van der Waals surface area (Å²) in [5, 5.41) is 2.60. The molecule has 0 saturated carbocycles. The minimum absolute atomic E-state index is 0.0634. The zero-order chi connectivity index (χ0) is 15.6. The van der Waals surface area contributed by atoms with Crippen LogP contribution in [0, 0.1) is 0 Å². The Morgan fingerprint density at radius 3 is 2.33 bits per heavy atom. The predicted molar refractivity (Wildman–Crippen MR) is 74.0 cm³/mol. The van der Waals surface area contributed by atoms with Crippen molar-refractivity contribution in [3.05, 3.63) is 34.9 Å². The van der Waals surface area contributed by atoms with Gasteiger partial charge in [0.25, 0.3) is 0 Å². The molecule has 0 saturated heterocycles. The van der Waals surface area contributed by atoms with Gasteiger partial charge in [-0.3, -0.25) is 0 Å². The number of aromatic nitrogens is 2. The highest BCUT2D eigenvalue weighted by atomic mass is 35.5. The molecule has 112 valence electrons. The van der Waals surface area contributed by atoms with E-state index < -0.39 is 11.7 Å². The summed E-state index contributed by atoms with van der Waals surface area (Å²) in [6.45, 7) is 0. The van der Waals surface area contributed by atoms with Crippen molar-refractivity contribution in [2.45, 2.75) is 6.18 Å². The molecule has 10 heteroatoms. The molecule has 0 aliphatic rings. The number of nitrogens with zero attached hydrogens (tertiary/aromatic N) is 2. The monoisotopic (exact) mass is 318 g/mol. The lowest BCUT2D eigenvalue weighted by Gasteiger charge is -2.12. The van der Waals surface area contributed by atoms with Gasteiger partial charge in [-0.15, -0.1) is 0 Å². The highest BCUT2D eigenvalue weighted by Crippen LogP contribution is 2.34. The fraction of sp³-hybridized carbons (Fsp3) is 0.0909. The average Bonchev–Trinajstić information content (AvgIpc) is 2.36. The molecule has 0 fully saturated rings. The highest BCUT2D eigenvalue weighted by molar-refractivity contribution is 6.31. The minimum Gasteiger partial charge on any atom is -0.368 e. The van der Waals surface area contributed by atoms with Gasteiger partial charge < -0.3 is 16.5 Å². The lowest BCUT2D eigenvalue weighted by Crippen LogP contribution is -2.11. The topological polar surface area (TPSA) is 102 Å². The standard InChI is InChI=1S/C11H10ClF3N6/c12-6-1-5(11(13,14)15)2-7(3-6)18-8-4-9(21-17)20-10(16)19-8/h1-4H,17H2,(H4,16,18,19,20,21). The third-order valence-corrected chi connectivity index (χ3v) is 2.61. The summed E-state index contributed by atoms with van der Waals surface area (Å²) in [4.78, 5) is 7.59. The molecule has 0 spiro atoms. The first-order chi connectivity index (χ1) is 9.77. The Hall–Kier alpha value is -2.26. The molecule has 6 nitrogen and oxygen atoms in total. The molecule has 0 unspecified atom stereocenters. The Labute approximate surface area is 122 Å². The van der Waals surface area contributed by atoms with Crippen LogP contribution in [0.4, 0.5) is 36.4 Å². The Morgan fingerprint density at radius 2 is 1.71 bits per heavy atom. The van der Waals surface area contributed by atoms with E-state index in [9.17, 15) is 13.2 Å².